The Bertz CT molecular complexity index is 662. The lowest BCUT2D eigenvalue weighted by atomic mass is 10.2. The van der Waals surface area contributed by atoms with Crippen molar-refractivity contribution in [3.05, 3.63) is 46.8 Å². The SMILES string of the molecule is Cc1cc(N2CCC(Nc3cnccn3)C2=O)ccc1Br. The minimum atomic E-state index is -0.245. The van der Waals surface area contributed by atoms with Gasteiger partial charge in [0.25, 0.3) is 0 Å². The van der Waals surface area contributed by atoms with Crippen molar-refractivity contribution < 1.29 is 4.79 Å². The van der Waals surface area contributed by atoms with Gasteiger partial charge in [-0.1, -0.05) is 15.9 Å². The average Bonchev–Trinajstić information content (AvgIpc) is 2.84. The van der Waals surface area contributed by atoms with Gasteiger partial charge >= 0.3 is 0 Å². The van der Waals surface area contributed by atoms with Crippen molar-refractivity contribution in [2.45, 2.75) is 19.4 Å². The van der Waals surface area contributed by atoms with Crippen LogP contribution < -0.4 is 10.2 Å². The van der Waals surface area contributed by atoms with E-state index in [1.54, 1.807) is 18.6 Å². The van der Waals surface area contributed by atoms with Gasteiger partial charge in [-0.15, -0.1) is 0 Å². The van der Waals surface area contributed by atoms with Crippen molar-refractivity contribution in [1.82, 2.24) is 9.97 Å². The standard InChI is InChI=1S/C15H15BrN4O/c1-10-8-11(2-3-12(10)16)20-7-4-13(15(20)21)19-14-9-17-5-6-18-14/h2-3,5-6,8-9,13H,4,7H2,1H3,(H,18,19). The van der Waals surface area contributed by atoms with E-state index < -0.39 is 0 Å². The van der Waals surface area contributed by atoms with Crippen molar-refractivity contribution in [2.75, 3.05) is 16.8 Å². The van der Waals surface area contributed by atoms with Gasteiger partial charge in [0, 0.05) is 29.1 Å². The Labute approximate surface area is 131 Å². The maximum absolute atomic E-state index is 12.5. The average molecular weight is 347 g/mol. The molecule has 0 aliphatic carbocycles. The summed E-state index contributed by atoms with van der Waals surface area (Å²) >= 11 is 3.48. The smallest absolute Gasteiger partial charge is 0.249 e. The minimum absolute atomic E-state index is 0.0716. The second kappa shape index (κ2) is 5.81. The normalized spacial score (nSPS) is 18.1. The number of hydrogen-bond donors (Lipinski definition) is 1. The van der Waals surface area contributed by atoms with Crippen LogP contribution in [0.25, 0.3) is 0 Å². The number of anilines is 2. The van der Waals surface area contributed by atoms with E-state index in [0.717, 1.165) is 22.1 Å². The molecule has 21 heavy (non-hydrogen) atoms. The number of amides is 1. The lowest BCUT2D eigenvalue weighted by molar-refractivity contribution is -0.117. The Kier molecular flexibility index (Phi) is 3.88. The van der Waals surface area contributed by atoms with Gasteiger partial charge in [0.1, 0.15) is 11.9 Å². The molecule has 1 aromatic heterocycles. The number of rotatable bonds is 3. The van der Waals surface area contributed by atoms with Crippen LogP contribution in [0.5, 0.6) is 0 Å². The number of halogens is 1. The van der Waals surface area contributed by atoms with Crippen molar-refractivity contribution in [3.8, 4) is 0 Å². The summed E-state index contributed by atoms with van der Waals surface area (Å²) in [7, 11) is 0. The summed E-state index contributed by atoms with van der Waals surface area (Å²) < 4.78 is 1.05. The quantitative estimate of drug-likeness (QED) is 0.928. The summed E-state index contributed by atoms with van der Waals surface area (Å²) in [6.45, 7) is 2.72. The summed E-state index contributed by atoms with van der Waals surface area (Å²) in [5.41, 5.74) is 2.05. The molecule has 1 aromatic carbocycles. The number of nitrogens with zero attached hydrogens (tertiary/aromatic N) is 3. The molecule has 1 amide bonds. The Morgan fingerprint density at radius 2 is 2.24 bits per heavy atom. The maximum Gasteiger partial charge on any atom is 0.249 e. The predicted octanol–water partition coefficient (Wildman–Crippen LogP) is 2.76. The highest BCUT2D eigenvalue weighted by atomic mass is 79.9. The fourth-order valence-corrected chi connectivity index (χ4v) is 2.67. The summed E-state index contributed by atoms with van der Waals surface area (Å²) in [6, 6.07) is 5.71. The molecule has 1 aliphatic rings. The summed E-state index contributed by atoms with van der Waals surface area (Å²) in [4.78, 5) is 22.5. The third kappa shape index (κ3) is 2.90. The van der Waals surface area contributed by atoms with Gasteiger partial charge in [-0.3, -0.25) is 9.78 Å². The van der Waals surface area contributed by atoms with Crippen LogP contribution >= 0.6 is 15.9 Å². The van der Waals surface area contributed by atoms with Crippen LogP contribution in [0, 0.1) is 6.92 Å². The summed E-state index contributed by atoms with van der Waals surface area (Å²) in [5, 5.41) is 3.14. The molecule has 1 aliphatic heterocycles. The monoisotopic (exact) mass is 346 g/mol. The molecular weight excluding hydrogens is 332 g/mol. The first-order valence-electron chi connectivity index (χ1n) is 6.75. The number of carbonyl (C=O) groups excluding carboxylic acids is 1. The number of nitrogens with one attached hydrogen (secondary N) is 1. The Balaban J connectivity index is 1.75. The fourth-order valence-electron chi connectivity index (χ4n) is 2.42. The molecule has 6 heteroatoms. The van der Waals surface area contributed by atoms with Crippen LogP contribution in [0.4, 0.5) is 11.5 Å². The van der Waals surface area contributed by atoms with Crippen LogP contribution in [-0.2, 0) is 4.79 Å². The third-order valence-corrected chi connectivity index (χ3v) is 4.43. The van der Waals surface area contributed by atoms with Gasteiger partial charge in [-0.05, 0) is 37.1 Å². The first kappa shape index (κ1) is 14.0. The molecule has 2 aromatic rings. The molecule has 1 fully saturated rings. The molecule has 1 unspecified atom stereocenters. The van der Waals surface area contributed by atoms with Crippen LogP contribution in [0.2, 0.25) is 0 Å². The van der Waals surface area contributed by atoms with Crippen molar-refractivity contribution in [3.63, 3.8) is 0 Å². The zero-order chi connectivity index (χ0) is 14.8. The second-order valence-corrected chi connectivity index (χ2v) is 5.85. The van der Waals surface area contributed by atoms with E-state index in [-0.39, 0.29) is 11.9 Å². The number of aromatic nitrogens is 2. The van der Waals surface area contributed by atoms with Gasteiger partial charge in [0.05, 0.1) is 6.20 Å². The topological polar surface area (TPSA) is 58.1 Å². The lowest BCUT2D eigenvalue weighted by Crippen LogP contribution is -2.33. The zero-order valence-corrected chi connectivity index (χ0v) is 13.2. The third-order valence-electron chi connectivity index (χ3n) is 3.54. The molecule has 1 N–H and O–H groups in total. The van der Waals surface area contributed by atoms with E-state index >= 15 is 0 Å². The van der Waals surface area contributed by atoms with Crippen molar-refractivity contribution in [1.29, 1.82) is 0 Å². The Morgan fingerprint density at radius 1 is 1.38 bits per heavy atom. The van der Waals surface area contributed by atoms with Gasteiger partial charge in [0.2, 0.25) is 5.91 Å². The fraction of sp³-hybridized carbons (Fsp3) is 0.267. The number of carbonyl (C=O) groups is 1. The van der Waals surface area contributed by atoms with Crippen LogP contribution in [0.15, 0.2) is 41.3 Å². The van der Waals surface area contributed by atoms with Crippen LogP contribution in [0.3, 0.4) is 0 Å². The molecule has 1 atom stereocenters. The first-order chi connectivity index (χ1) is 10.1. The molecular formula is C15H15BrN4O. The Morgan fingerprint density at radius 3 is 2.95 bits per heavy atom. The molecule has 0 spiro atoms. The highest BCUT2D eigenvalue weighted by Gasteiger charge is 2.32. The van der Waals surface area contributed by atoms with E-state index in [1.807, 2.05) is 30.0 Å². The molecule has 0 bridgehead atoms. The van der Waals surface area contributed by atoms with Gasteiger partial charge in [-0.25, -0.2) is 4.98 Å². The second-order valence-electron chi connectivity index (χ2n) is 5.00. The largest absolute Gasteiger partial charge is 0.357 e. The molecule has 5 nitrogen and oxygen atoms in total. The summed E-state index contributed by atoms with van der Waals surface area (Å²) in [5.74, 6) is 0.701. The highest BCUT2D eigenvalue weighted by molar-refractivity contribution is 9.10. The zero-order valence-electron chi connectivity index (χ0n) is 11.6. The van der Waals surface area contributed by atoms with Crippen LogP contribution in [-0.4, -0.2) is 28.5 Å². The van der Waals surface area contributed by atoms with Crippen molar-refractivity contribution in [2.24, 2.45) is 0 Å². The van der Waals surface area contributed by atoms with Gasteiger partial charge < -0.3 is 10.2 Å². The predicted molar refractivity (Wildman–Crippen MR) is 85.3 cm³/mol. The molecule has 3 rings (SSSR count). The molecule has 0 radical (unpaired) electrons. The van der Waals surface area contributed by atoms with E-state index in [1.165, 1.54) is 0 Å². The number of hydrogen-bond acceptors (Lipinski definition) is 4. The molecule has 1 saturated heterocycles. The maximum atomic E-state index is 12.5. The van der Waals surface area contributed by atoms with Gasteiger partial charge in [-0.2, -0.15) is 0 Å². The first-order valence-corrected chi connectivity index (χ1v) is 7.54. The number of aryl methyl sites for hydroxylation is 1. The summed E-state index contributed by atoms with van der Waals surface area (Å²) in [6.07, 6.45) is 5.60. The minimum Gasteiger partial charge on any atom is -0.357 e. The molecule has 0 saturated carbocycles. The Hall–Kier alpha value is -1.95. The van der Waals surface area contributed by atoms with E-state index in [2.05, 4.69) is 31.2 Å². The van der Waals surface area contributed by atoms with Crippen LogP contribution in [0.1, 0.15) is 12.0 Å². The lowest BCUT2D eigenvalue weighted by Gasteiger charge is -2.18. The van der Waals surface area contributed by atoms with Crippen molar-refractivity contribution >= 4 is 33.3 Å². The molecule has 2 heterocycles. The highest BCUT2D eigenvalue weighted by Crippen LogP contribution is 2.27. The van der Waals surface area contributed by atoms with E-state index in [0.29, 0.717) is 12.4 Å². The molecule has 108 valence electrons. The van der Waals surface area contributed by atoms with Gasteiger partial charge in [0.15, 0.2) is 0 Å². The van der Waals surface area contributed by atoms with E-state index in [4.69, 9.17) is 0 Å². The number of benzene rings is 1. The van der Waals surface area contributed by atoms with E-state index in [9.17, 15) is 4.79 Å².